The van der Waals surface area contributed by atoms with Gasteiger partial charge in [0.05, 0.1) is 5.92 Å². The Morgan fingerprint density at radius 3 is 2.31 bits per heavy atom. The molecule has 0 aliphatic heterocycles. The molecule has 0 bridgehead atoms. The first-order valence-corrected chi connectivity index (χ1v) is 11.4. The molecule has 0 spiro atoms. The largest absolute Gasteiger partial charge is 0.432 e. The first-order valence-electron chi connectivity index (χ1n) is 11.4. The molecule has 2 aromatic rings. The highest BCUT2D eigenvalue weighted by molar-refractivity contribution is 5.35. The molecule has 2 fully saturated rings. The van der Waals surface area contributed by atoms with E-state index < -0.39 is 29.5 Å². The topological polar surface area (TPSA) is 9.23 Å². The summed E-state index contributed by atoms with van der Waals surface area (Å²) in [5.74, 6) is -2.43. The summed E-state index contributed by atoms with van der Waals surface area (Å²) in [6, 6.07) is 6.28. The third kappa shape index (κ3) is 4.79. The van der Waals surface area contributed by atoms with Crippen molar-refractivity contribution in [3.63, 3.8) is 0 Å². The van der Waals surface area contributed by atoms with Crippen molar-refractivity contribution in [2.24, 2.45) is 23.7 Å². The molecule has 4 atom stereocenters. The van der Waals surface area contributed by atoms with Crippen LogP contribution in [0.3, 0.4) is 0 Å². The number of aryl methyl sites for hydroxylation is 1. The van der Waals surface area contributed by atoms with Gasteiger partial charge in [0.15, 0.2) is 11.6 Å². The second-order valence-electron chi connectivity index (χ2n) is 9.71. The number of fused-ring (bicyclic) bond motifs is 1. The van der Waals surface area contributed by atoms with Crippen molar-refractivity contribution < 1.29 is 26.7 Å². The van der Waals surface area contributed by atoms with E-state index in [-0.39, 0.29) is 28.9 Å². The van der Waals surface area contributed by atoms with Gasteiger partial charge in [-0.1, -0.05) is 31.5 Å². The lowest BCUT2D eigenvalue weighted by molar-refractivity contribution is -0.228. The summed E-state index contributed by atoms with van der Waals surface area (Å²) >= 11 is 0. The molecule has 0 aromatic heterocycles. The van der Waals surface area contributed by atoms with Gasteiger partial charge in [-0.15, -0.1) is 0 Å². The van der Waals surface area contributed by atoms with Crippen LogP contribution in [0, 0.1) is 48.0 Å². The Bertz CT molecular complexity index is 973. The monoisotopic (exact) mass is 452 g/mol. The van der Waals surface area contributed by atoms with Gasteiger partial charge in [0.25, 0.3) is 0 Å². The first-order chi connectivity index (χ1) is 15.1. The van der Waals surface area contributed by atoms with E-state index in [1.165, 1.54) is 31.2 Å². The second kappa shape index (κ2) is 9.03. The molecule has 0 amide bonds. The zero-order valence-corrected chi connectivity index (χ0v) is 18.4. The zero-order valence-electron chi connectivity index (χ0n) is 18.4. The van der Waals surface area contributed by atoms with E-state index in [1.54, 1.807) is 0 Å². The minimum atomic E-state index is -3.38. The van der Waals surface area contributed by atoms with Crippen LogP contribution in [-0.4, -0.2) is 6.11 Å². The fourth-order valence-corrected chi connectivity index (χ4v) is 5.43. The Balaban J connectivity index is 1.43. The van der Waals surface area contributed by atoms with Gasteiger partial charge in [-0.25, -0.2) is 13.2 Å². The standard InChI is InChI=1S/C26H29F5O/c1-15-3-5-18-13-21(9-7-17(18)11-15)26(30,31)32-22-10-8-19(23(27)14-22)12-20-6-4-16(2)24(28)25(20)29/h4,6,8,10,14-15,17-18,21H,3,5,7,9,11-13H2,1-2H3. The van der Waals surface area contributed by atoms with E-state index in [1.807, 2.05) is 0 Å². The summed E-state index contributed by atoms with van der Waals surface area (Å²) in [5.41, 5.74) is 0.249. The molecule has 4 unspecified atom stereocenters. The van der Waals surface area contributed by atoms with Crippen molar-refractivity contribution in [2.45, 2.75) is 64.9 Å². The Morgan fingerprint density at radius 1 is 0.875 bits per heavy atom. The van der Waals surface area contributed by atoms with Crippen molar-refractivity contribution in [1.82, 2.24) is 0 Å². The molecular weight excluding hydrogens is 423 g/mol. The molecule has 0 N–H and O–H groups in total. The van der Waals surface area contributed by atoms with Crippen LogP contribution in [-0.2, 0) is 6.42 Å². The predicted octanol–water partition coefficient (Wildman–Crippen LogP) is 7.83. The van der Waals surface area contributed by atoms with Crippen molar-refractivity contribution in [2.75, 3.05) is 0 Å². The Labute approximate surface area is 186 Å². The average Bonchev–Trinajstić information content (AvgIpc) is 2.75. The summed E-state index contributed by atoms with van der Waals surface area (Å²) in [4.78, 5) is 0. The maximum Gasteiger partial charge on any atom is 0.400 e. The van der Waals surface area contributed by atoms with E-state index >= 15 is 0 Å². The highest BCUT2D eigenvalue weighted by Crippen LogP contribution is 2.48. The molecule has 0 heterocycles. The quantitative estimate of drug-likeness (QED) is 0.420. The Hall–Kier alpha value is -2.11. The molecule has 2 saturated carbocycles. The van der Waals surface area contributed by atoms with Gasteiger partial charge in [0.1, 0.15) is 11.6 Å². The first kappa shape index (κ1) is 23.1. The maximum absolute atomic E-state index is 14.9. The smallest absolute Gasteiger partial charge is 0.400 e. The summed E-state index contributed by atoms with van der Waals surface area (Å²) in [5, 5.41) is 0. The molecule has 0 radical (unpaired) electrons. The van der Waals surface area contributed by atoms with E-state index in [2.05, 4.69) is 6.92 Å². The predicted molar refractivity (Wildman–Crippen MR) is 113 cm³/mol. The molecule has 2 aliphatic rings. The molecule has 2 aromatic carbocycles. The van der Waals surface area contributed by atoms with Crippen LogP contribution < -0.4 is 4.74 Å². The highest BCUT2D eigenvalue weighted by atomic mass is 19.3. The van der Waals surface area contributed by atoms with Crippen LogP contribution in [0.15, 0.2) is 30.3 Å². The minimum absolute atomic E-state index is 0.00422. The van der Waals surface area contributed by atoms with Crippen molar-refractivity contribution in [3.05, 3.63) is 64.5 Å². The maximum atomic E-state index is 14.9. The summed E-state index contributed by atoms with van der Waals surface area (Å²) in [6.07, 6.45) is 1.23. The van der Waals surface area contributed by atoms with Gasteiger partial charge in [-0.3, -0.25) is 0 Å². The Kier molecular flexibility index (Phi) is 6.51. The van der Waals surface area contributed by atoms with E-state index in [9.17, 15) is 22.0 Å². The van der Waals surface area contributed by atoms with Crippen LogP contribution in [0.2, 0.25) is 0 Å². The highest BCUT2D eigenvalue weighted by Gasteiger charge is 2.47. The molecule has 32 heavy (non-hydrogen) atoms. The van der Waals surface area contributed by atoms with Crippen molar-refractivity contribution >= 4 is 0 Å². The fourth-order valence-electron chi connectivity index (χ4n) is 5.43. The molecule has 6 heteroatoms. The normalized spacial score (nSPS) is 26.0. The minimum Gasteiger partial charge on any atom is -0.432 e. The number of ether oxygens (including phenoxy) is 1. The molecule has 2 aliphatic carbocycles. The zero-order chi connectivity index (χ0) is 23.0. The summed E-state index contributed by atoms with van der Waals surface area (Å²) in [6.45, 7) is 3.66. The number of rotatable bonds is 5. The molecular formula is C26H29F5O. The molecule has 0 saturated heterocycles. The lowest BCUT2D eigenvalue weighted by Gasteiger charge is -2.42. The van der Waals surface area contributed by atoms with Crippen molar-refractivity contribution in [3.8, 4) is 5.75 Å². The number of benzene rings is 2. The Morgan fingerprint density at radius 2 is 1.56 bits per heavy atom. The third-order valence-electron chi connectivity index (χ3n) is 7.37. The van der Waals surface area contributed by atoms with Gasteiger partial charge in [0, 0.05) is 12.5 Å². The van der Waals surface area contributed by atoms with Gasteiger partial charge in [-0.05, 0) is 79.5 Å². The van der Waals surface area contributed by atoms with Crippen molar-refractivity contribution in [1.29, 1.82) is 0 Å². The van der Waals surface area contributed by atoms with Crippen LogP contribution in [0.25, 0.3) is 0 Å². The average molecular weight is 453 g/mol. The van der Waals surface area contributed by atoms with Gasteiger partial charge in [-0.2, -0.15) is 8.78 Å². The molecule has 1 nitrogen and oxygen atoms in total. The second-order valence-corrected chi connectivity index (χ2v) is 9.71. The molecule has 174 valence electrons. The molecule has 4 rings (SSSR count). The van der Waals surface area contributed by atoms with Crippen LogP contribution in [0.4, 0.5) is 22.0 Å². The van der Waals surface area contributed by atoms with Crippen LogP contribution >= 0.6 is 0 Å². The van der Waals surface area contributed by atoms with Gasteiger partial charge >= 0.3 is 6.11 Å². The summed E-state index contributed by atoms with van der Waals surface area (Å²) < 4.78 is 77.3. The van der Waals surface area contributed by atoms with E-state index in [0.29, 0.717) is 30.6 Å². The van der Waals surface area contributed by atoms with E-state index in [0.717, 1.165) is 31.7 Å². The SMILES string of the molecule is Cc1ccc(Cc2ccc(OC(F)(F)C3CCC4CC(C)CCC4C3)cc2F)c(F)c1F. The van der Waals surface area contributed by atoms with Crippen LogP contribution in [0.5, 0.6) is 5.75 Å². The van der Waals surface area contributed by atoms with Gasteiger partial charge in [0.2, 0.25) is 0 Å². The van der Waals surface area contributed by atoms with Crippen LogP contribution in [0.1, 0.15) is 62.1 Å². The number of hydrogen-bond donors (Lipinski definition) is 0. The number of alkyl halides is 2. The third-order valence-corrected chi connectivity index (χ3v) is 7.37. The van der Waals surface area contributed by atoms with E-state index in [4.69, 9.17) is 4.74 Å². The number of hydrogen-bond acceptors (Lipinski definition) is 1. The fraction of sp³-hybridized carbons (Fsp3) is 0.538. The number of halogens is 5. The summed E-state index contributed by atoms with van der Waals surface area (Å²) in [7, 11) is 0. The lowest BCUT2D eigenvalue weighted by Crippen LogP contribution is -2.41. The lowest BCUT2D eigenvalue weighted by atomic mass is 9.65. The van der Waals surface area contributed by atoms with Gasteiger partial charge < -0.3 is 4.74 Å².